The van der Waals surface area contributed by atoms with Crippen molar-refractivity contribution < 1.29 is 12.8 Å². The summed E-state index contributed by atoms with van der Waals surface area (Å²) in [5, 5.41) is -0.270. The van der Waals surface area contributed by atoms with Crippen LogP contribution in [0, 0.1) is 6.92 Å². The van der Waals surface area contributed by atoms with E-state index in [1.807, 2.05) is 13.0 Å². The molecule has 0 radical (unpaired) electrons. The molecular weight excluding hydrogens is 244 g/mol. The summed E-state index contributed by atoms with van der Waals surface area (Å²) in [7, 11) is -2.89. The molecule has 0 N–H and O–H groups in total. The van der Waals surface area contributed by atoms with Crippen molar-refractivity contribution in [3.05, 3.63) is 18.1 Å². The Morgan fingerprint density at radius 1 is 1.44 bits per heavy atom. The van der Waals surface area contributed by atoms with Gasteiger partial charge in [-0.2, -0.15) is 0 Å². The van der Waals surface area contributed by atoms with Crippen LogP contribution in [-0.2, 0) is 9.84 Å². The first-order chi connectivity index (χ1) is 7.43. The van der Waals surface area contributed by atoms with Crippen LogP contribution in [0.3, 0.4) is 0 Å². The van der Waals surface area contributed by atoms with Gasteiger partial charge in [0, 0.05) is 4.90 Å². The minimum absolute atomic E-state index is 0.270. The Hall–Kier alpha value is -0.420. The molecule has 0 aliphatic rings. The Balaban J connectivity index is 2.30. The molecule has 0 aliphatic carbocycles. The van der Waals surface area contributed by atoms with Crippen LogP contribution in [0.1, 0.15) is 26.0 Å². The van der Waals surface area contributed by atoms with E-state index >= 15 is 0 Å². The van der Waals surface area contributed by atoms with Crippen molar-refractivity contribution in [2.75, 3.05) is 11.5 Å². The van der Waals surface area contributed by atoms with Gasteiger partial charge in [-0.1, -0.05) is 0 Å². The fourth-order valence-corrected chi connectivity index (χ4v) is 3.31. The van der Waals surface area contributed by atoms with Crippen LogP contribution in [0.2, 0.25) is 0 Å². The van der Waals surface area contributed by atoms with Gasteiger partial charge in [-0.3, -0.25) is 0 Å². The van der Waals surface area contributed by atoms with E-state index in [0.29, 0.717) is 6.42 Å². The molecule has 92 valence electrons. The van der Waals surface area contributed by atoms with Gasteiger partial charge in [0.15, 0.2) is 9.84 Å². The predicted octanol–water partition coefficient (Wildman–Crippen LogP) is 2.89. The molecule has 1 aromatic rings. The SMILES string of the molecule is Cc1occc1SCCCS(=O)(=O)C(C)C. The standard InChI is InChI=1S/C11H18O3S2/c1-9(2)16(12,13)8-4-7-15-11-5-6-14-10(11)3/h5-6,9H,4,7-8H2,1-3H3. The maximum atomic E-state index is 11.5. The topological polar surface area (TPSA) is 47.3 Å². The van der Waals surface area contributed by atoms with Gasteiger partial charge >= 0.3 is 0 Å². The second-order valence-corrected chi connectivity index (χ2v) is 7.77. The number of hydrogen-bond acceptors (Lipinski definition) is 4. The van der Waals surface area contributed by atoms with Crippen LogP contribution in [-0.4, -0.2) is 25.2 Å². The highest BCUT2D eigenvalue weighted by molar-refractivity contribution is 7.99. The zero-order valence-corrected chi connectivity index (χ0v) is 11.5. The number of rotatable bonds is 6. The quantitative estimate of drug-likeness (QED) is 0.584. The Morgan fingerprint density at radius 3 is 2.62 bits per heavy atom. The normalized spacial score (nSPS) is 12.2. The molecule has 0 atom stereocenters. The summed E-state index contributed by atoms with van der Waals surface area (Å²) >= 11 is 1.65. The van der Waals surface area contributed by atoms with E-state index < -0.39 is 9.84 Å². The summed E-state index contributed by atoms with van der Waals surface area (Å²) in [6, 6.07) is 1.91. The second kappa shape index (κ2) is 5.77. The average Bonchev–Trinajstić information content (AvgIpc) is 2.59. The van der Waals surface area contributed by atoms with Crippen molar-refractivity contribution >= 4 is 21.6 Å². The van der Waals surface area contributed by atoms with E-state index in [1.165, 1.54) is 0 Å². The number of furan rings is 1. The molecule has 0 aliphatic heterocycles. The highest BCUT2D eigenvalue weighted by Gasteiger charge is 2.15. The van der Waals surface area contributed by atoms with E-state index in [0.717, 1.165) is 16.4 Å². The molecule has 16 heavy (non-hydrogen) atoms. The summed E-state index contributed by atoms with van der Waals surface area (Å²) in [6.07, 6.45) is 2.35. The van der Waals surface area contributed by atoms with Gasteiger partial charge in [0.1, 0.15) is 5.76 Å². The van der Waals surface area contributed by atoms with Crippen molar-refractivity contribution in [2.45, 2.75) is 37.3 Å². The maximum absolute atomic E-state index is 11.5. The van der Waals surface area contributed by atoms with E-state index in [2.05, 4.69) is 0 Å². The fraction of sp³-hybridized carbons (Fsp3) is 0.636. The first kappa shape index (κ1) is 13.6. The smallest absolute Gasteiger partial charge is 0.152 e. The minimum atomic E-state index is -2.89. The van der Waals surface area contributed by atoms with Crippen LogP contribution in [0.25, 0.3) is 0 Å². The molecule has 0 amide bonds. The summed E-state index contributed by atoms with van der Waals surface area (Å²) in [4.78, 5) is 1.10. The molecule has 0 bridgehead atoms. The highest BCUT2D eigenvalue weighted by atomic mass is 32.2. The number of aryl methyl sites for hydroxylation is 1. The molecule has 1 rings (SSSR count). The van der Waals surface area contributed by atoms with Gasteiger partial charge in [-0.25, -0.2) is 8.42 Å². The second-order valence-electron chi connectivity index (χ2n) is 3.96. The minimum Gasteiger partial charge on any atom is -0.468 e. The molecule has 1 aromatic heterocycles. The maximum Gasteiger partial charge on any atom is 0.152 e. The third-order valence-electron chi connectivity index (χ3n) is 2.36. The molecular formula is C11H18O3S2. The van der Waals surface area contributed by atoms with Gasteiger partial charge in [-0.15, -0.1) is 11.8 Å². The van der Waals surface area contributed by atoms with E-state index in [9.17, 15) is 8.42 Å². The van der Waals surface area contributed by atoms with Crippen LogP contribution in [0.15, 0.2) is 21.6 Å². The lowest BCUT2D eigenvalue weighted by atomic mass is 10.5. The molecule has 3 nitrogen and oxygen atoms in total. The molecule has 0 aromatic carbocycles. The fourth-order valence-electron chi connectivity index (χ4n) is 1.20. The van der Waals surface area contributed by atoms with Crippen molar-refractivity contribution in [1.29, 1.82) is 0 Å². The van der Waals surface area contributed by atoms with Crippen LogP contribution in [0.5, 0.6) is 0 Å². The van der Waals surface area contributed by atoms with Crippen LogP contribution in [0.4, 0.5) is 0 Å². The third-order valence-corrected chi connectivity index (χ3v) is 5.88. The Labute approximate surface area is 102 Å². The van der Waals surface area contributed by atoms with Crippen molar-refractivity contribution in [3.63, 3.8) is 0 Å². The molecule has 5 heteroatoms. The summed E-state index contributed by atoms with van der Waals surface area (Å²) in [5.74, 6) is 1.98. The number of sulfone groups is 1. The Kier molecular flexibility index (Phi) is 4.92. The lowest BCUT2D eigenvalue weighted by molar-refractivity contribution is 0.527. The highest BCUT2D eigenvalue weighted by Crippen LogP contribution is 2.23. The summed E-state index contributed by atoms with van der Waals surface area (Å²) < 4.78 is 28.2. The van der Waals surface area contributed by atoms with Crippen molar-refractivity contribution in [3.8, 4) is 0 Å². The zero-order chi connectivity index (χ0) is 12.2. The molecule has 0 saturated carbocycles. The van der Waals surface area contributed by atoms with Gasteiger partial charge in [-0.05, 0) is 39.0 Å². The van der Waals surface area contributed by atoms with Gasteiger partial charge < -0.3 is 4.42 Å². The van der Waals surface area contributed by atoms with Crippen molar-refractivity contribution in [2.24, 2.45) is 0 Å². The lowest BCUT2D eigenvalue weighted by Gasteiger charge is -2.06. The van der Waals surface area contributed by atoms with Crippen molar-refractivity contribution in [1.82, 2.24) is 0 Å². The Bertz CT molecular complexity index is 418. The third kappa shape index (κ3) is 3.87. The Morgan fingerprint density at radius 2 is 2.12 bits per heavy atom. The molecule has 0 spiro atoms. The average molecular weight is 262 g/mol. The first-order valence-electron chi connectivity index (χ1n) is 5.32. The summed E-state index contributed by atoms with van der Waals surface area (Å²) in [5.41, 5.74) is 0. The van der Waals surface area contributed by atoms with Crippen LogP contribution >= 0.6 is 11.8 Å². The number of thioether (sulfide) groups is 1. The van der Waals surface area contributed by atoms with E-state index in [-0.39, 0.29) is 11.0 Å². The summed E-state index contributed by atoms with van der Waals surface area (Å²) in [6.45, 7) is 5.36. The monoisotopic (exact) mass is 262 g/mol. The zero-order valence-electron chi connectivity index (χ0n) is 9.89. The van der Waals surface area contributed by atoms with Crippen LogP contribution < -0.4 is 0 Å². The molecule has 0 saturated heterocycles. The molecule has 0 unspecified atom stereocenters. The lowest BCUT2D eigenvalue weighted by Crippen LogP contribution is -2.17. The van der Waals surface area contributed by atoms with E-state index in [1.54, 1.807) is 31.9 Å². The van der Waals surface area contributed by atoms with Gasteiger partial charge in [0.05, 0.1) is 17.3 Å². The van der Waals surface area contributed by atoms with Gasteiger partial charge in [0.25, 0.3) is 0 Å². The molecule has 0 fully saturated rings. The molecule has 1 heterocycles. The first-order valence-corrected chi connectivity index (χ1v) is 8.02. The van der Waals surface area contributed by atoms with Gasteiger partial charge in [0.2, 0.25) is 0 Å². The largest absolute Gasteiger partial charge is 0.468 e. The van der Waals surface area contributed by atoms with E-state index in [4.69, 9.17) is 4.42 Å². The predicted molar refractivity (Wildman–Crippen MR) is 67.7 cm³/mol. The number of hydrogen-bond donors (Lipinski definition) is 0.